The normalized spacial score (nSPS) is 21.3. The van der Waals surface area contributed by atoms with Crippen molar-refractivity contribution in [3.63, 3.8) is 0 Å². The number of aromatic nitrogens is 4. The fourth-order valence-corrected chi connectivity index (χ4v) is 6.79. The zero-order valence-electron chi connectivity index (χ0n) is 19.0. The molecular formula is C24H31N5O3S. The quantitative estimate of drug-likeness (QED) is 0.431. The smallest absolute Gasteiger partial charge is 0.276 e. The number of hydrogen-bond acceptors (Lipinski definition) is 5. The second kappa shape index (κ2) is 8.30. The van der Waals surface area contributed by atoms with Gasteiger partial charge in [-0.25, -0.2) is 0 Å². The van der Waals surface area contributed by atoms with E-state index in [1.807, 2.05) is 29.1 Å². The molecule has 3 heterocycles. The van der Waals surface area contributed by atoms with Crippen LogP contribution in [0.15, 0.2) is 42.7 Å². The first-order valence-electron chi connectivity index (χ1n) is 11.4. The van der Waals surface area contributed by atoms with Crippen molar-refractivity contribution in [1.29, 1.82) is 0 Å². The summed E-state index contributed by atoms with van der Waals surface area (Å²) in [6, 6.07) is 10.1. The van der Waals surface area contributed by atoms with Gasteiger partial charge in [0.15, 0.2) is 5.69 Å². The molecule has 1 unspecified atom stereocenters. The Morgan fingerprint density at radius 1 is 1.21 bits per heavy atom. The van der Waals surface area contributed by atoms with Crippen molar-refractivity contribution in [3.05, 3.63) is 65.2 Å². The first kappa shape index (κ1) is 22.2. The molecule has 8 nitrogen and oxygen atoms in total. The van der Waals surface area contributed by atoms with Crippen molar-refractivity contribution in [2.24, 2.45) is 11.3 Å². The minimum absolute atomic E-state index is 0.0391. The maximum absolute atomic E-state index is 13.0. The third-order valence-electron chi connectivity index (χ3n) is 6.84. The van der Waals surface area contributed by atoms with Crippen LogP contribution in [0.25, 0.3) is 0 Å². The molecule has 9 heteroatoms. The Bertz CT molecular complexity index is 1140. The number of nitrogens with one attached hydrogen (secondary N) is 2. The minimum atomic E-state index is -2.46. The summed E-state index contributed by atoms with van der Waals surface area (Å²) in [5.41, 5.74) is 4.39. The fourth-order valence-electron chi connectivity index (χ4n) is 5.22. The van der Waals surface area contributed by atoms with Crippen LogP contribution in [0.4, 0.5) is 5.69 Å². The highest BCUT2D eigenvalue weighted by atomic mass is 32.3. The van der Waals surface area contributed by atoms with E-state index in [9.17, 15) is 13.9 Å². The molecule has 0 spiro atoms. The fraction of sp³-hybridized carbons (Fsp3) is 0.458. The van der Waals surface area contributed by atoms with Gasteiger partial charge in [-0.1, -0.05) is 44.2 Å². The average Bonchev–Trinajstić information content (AvgIpc) is 3.44. The van der Waals surface area contributed by atoms with E-state index in [0.717, 1.165) is 42.5 Å². The zero-order valence-corrected chi connectivity index (χ0v) is 19.8. The van der Waals surface area contributed by atoms with Crippen LogP contribution in [0.1, 0.15) is 60.0 Å². The molecule has 1 aliphatic carbocycles. The van der Waals surface area contributed by atoms with E-state index in [1.54, 1.807) is 6.20 Å². The number of hydrogen-bond donors (Lipinski definition) is 4. The number of carbonyl (C=O) groups is 1. The van der Waals surface area contributed by atoms with Gasteiger partial charge < -0.3 is 5.32 Å². The van der Waals surface area contributed by atoms with Crippen LogP contribution >= 0.6 is 10.6 Å². The van der Waals surface area contributed by atoms with Gasteiger partial charge in [-0.2, -0.15) is 20.8 Å². The van der Waals surface area contributed by atoms with Crippen molar-refractivity contribution < 1.29 is 13.9 Å². The van der Waals surface area contributed by atoms with Crippen molar-refractivity contribution in [2.75, 3.05) is 16.8 Å². The van der Waals surface area contributed by atoms with Gasteiger partial charge in [0, 0.05) is 29.0 Å². The lowest BCUT2D eigenvalue weighted by Crippen LogP contribution is -2.29. The van der Waals surface area contributed by atoms with Gasteiger partial charge in [0.25, 0.3) is 5.91 Å². The average molecular weight is 470 g/mol. The Morgan fingerprint density at radius 2 is 1.94 bits per heavy atom. The maximum Gasteiger partial charge on any atom is 0.276 e. The van der Waals surface area contributed by atoms with Gasteiger partial charge in [-0.3, -0.25) is 23.7 Å². The molecule has 1 amide bonds. The Morgan fingerprint density at radius 3 is 2.67 bits per heavy atom. The Hall–Kier alpha value is -2.62. The largest absolute Gasteiger partial charge is 0.318 e. The molecular weight excluding hydrogens is 438 g/mol. The molecule has 3 aromatic rings. The van der Waals surface area contributed by atoms with Gasteiger partial charge >= 0.3 is 0 Å². The summed E-state index contributed by atoms with van der Waals surface area (Å²) in [7, 11) is -2.46. The molecule has 1 aliphatic heterocycles. The van der Waals surface area contributed by atoms with Gasteiger partial charge in [-0.05, 0) is 42.6 Å². The molecule has 4 N–H and O–H groups in total. The lowest BCUT2D eigenvalue weighted by atomic mass is 9.88. The Balaban J connectivity index is 1.36. The van der Waals surface area contributed by atoms with E-state index in [4.69, 9.17) is 0 Å². The second-order valence-corrected chi connectivity index (χ2v) is 12.5. The van der Waals surface area contributed by atoms with Crippen LogP contribution in [-0.4, -0.2) is 46.5 Å². The second-order valence-electron chi connectivity index (χ2n) is 10.1. The van der Waals surface area contributed by atoms with Crippen molar-refractivity contribution in [3.8, 4) is 0 Å². The predicted octanol–water partition coefficient (Wildman–Crippen LogP) is 4.73. The number of carbonyl (C=O) groups excluding carboxylic acids is 1. The molecule has 2 aromatic heterocycles. The van der Waals surface area contributed by atoms with Crippen LogP contribution in [0.5, 0.6) is 0 Å². The number of H-pyrrole nitrogens is 1. The number of rotatable bonds is 5. The minimum Gasteiger partial charge on any atom is -0.318 e. The van der Waals surface area contributed by atoms with Crippen molar-refractivity contribution in [2.45, 2.75) is 45.6 Å². The van der Waals surface area contributed by atoms with Crippen LogP contribution < -0.4 is 5.32 Å². The van der Waals surface area contributed by atoms with Gasteiger partial charge in [-0.15, -0.1) is 0 Å². The van der Waals surface area contributed by atoms with E-state index < -0.39 is 10.6 Å². The van der Waals surface area contributed by atoms with E-state index in [0.29, 0.717) is 22.9 Å². The summed E-state index contributed by atoms with van der Waals surface area (Å²) in [4.78, 5) is 13.0. The standard InChI is InChI=1S/C24H31N5O3S/c1-24(2)12-19-20(13-24)27-28-21(19)23(30)26-18-14-25-29(15-18)22(16-6-4-3-5-7-16)17-8-10-33(31,32)11-9-17/h3-7,14-15,17,22,31-32H,8-13H2,1-2H3,(H,26,30)(H,27,28). The monoisotopic (exact) mass is 469 g/mol. The number of nitrogens with zero attached hydrogens (tertiary/aromatic N) is 3. The summed E-state index contributed by atoms with van der Waals surface area (Å²) in [5, 5.41) is 14.9. The molecule has 33 heavy (non-hydrogen) atoms. The number of anilines is 1. The third kappa shape index (κ3) is 4.58. The summed E-state index contributed by atoms with van der Waals surface area (Å²) in [5.74, 6) is 0.846. The number of amides is 1. The van der Waals surface area contributed by atoms with Crippen LogP contribution in [0, 0.1) is 11.3 Å². The predicted molar refractivity (Wildman–Crippen MR) is 130 cm³/mol. The van der Waals surface area contributed by atoms with E-state index in [1.165, 1.54) is 0 Å². The van der Waals surface area contributed by atoms with Crippen LogP contribution in [0.2, 0.25) is 0 Å². The molecule has 0 saturated carbocycles. The maximum atomic E-state index is 13.0. The molecule has 0 bridgehead atoms. The van der Waals surface area contributed by atoms with E-state index >= 15 is 0 Å². The van der Waals surface area contributed by atoms with Crippen LogP contribution in [-0.2, 0) is 12.8 Å². The summed E-state index contributed by atoms with van der Waals surface area (Å²) >= 11 is 0. The molecule has 0 radical (unpaired) electrons. The first-order valence-corrected chi connectivity index (χ1v) is 13.3. The molecule has 5 rings (SSSR count). The molecule has 1 aromatic carbocycles. The molecule has 1 saturated heterocycles. The molecule has 2 aliphatic rings. The van der Waals surface area contributed by atoms with Crippen LogP contribution in [0.3, 0.4) is 0 Å². The highest BCUT2D eigenvalue weighted by Crippen LogP contribution is 2.49. The summed E-state index contributed by atoms with van der Waals surface area (Å²) in [6.07, 6.45) is 6.69. The number of benzene rings is 1. The highest BCUT2D eigenvalue weighted by Gasteiger charge is 2.35. The highest BCUT2D eigenvalue weighted by molar-refractivity contribution is 8.24. The lowest BCUT2D eigenvalue weighted by Gasteiger charge is -2.41. The van der Waals surface area contributed by atoms with Crippen molar-refractivity contribution in [1.82, 2.24) is 20.0 Å². The SMILES string of the molecule is CC1(C)Cc2[nH]nc(C(=O)Nc3cnn(C(c4ccccc4)C4CCS(O)(O)CC4)c3)c2C1. The Kier molecular flexibility index (Phi) is 5.58. The molecule has 1 atom stereocenters. The van der Waals surface area contributed by atoms with Crippen molar-refractivity contribution >= 4 is 22.2 Å². The number of aromatic amines is 1. The first-order chi connectivity index (χ1) is 15.7. The number of fused-ring (bicyclic) bond motifs is 1. The zero-order chi connectivity index (χ0) is 23.2. The van der Waals surface area contributed by atoms with E-state index in [2.05, 4.69) is 46.6 Å². The summed E-state index contributed by atoms with van der Waals surface area (Å²) < 4.78 is 22.0. The van der Waals surface area contributed by atoms with Gasteiger partial charge in [0.2, 0.25) is 0 Å². The van der Waals surface area contributed by atoms with Gasteiger partial charge in [0.1, 0.15) is 0 Å². The lowest BCUT2D eigenvalue weighted by molar-refractivity contribution is 0.102. The Labute approximate surface area is 195 Å². The van der Waals surface area contributed by atoms with Gasteiger partial charge in [0.05, 0.1) is 17.9 Å². The van der Waals surface area contributed by atoms with E-state index in [-0.39, 0.29) is 23.3 Å². The third-order valence-corrected chi connectivity index (χ3v) is 8.62. The molecule has 1 fully saturated rings. The molecule has 176 valence electrons. The summed E-state index contributed by atoms with van der Waals surface area (Å²) in [6.45, 7) is 4.39. The topological polar surface area (TPSA) is 116 Å².